The third-order valence-corrected chi connectivity index (χ3v) is 4.55. The first-order chi connectivity index (χ1) is 12.1. The number of hydrogen-bond donors (Lipinski definition) is 1. The summed E-state index contributed by atoms with van der Waals surface area (Å²) in [7, 11) is 0. The number of aliphatic hydroxyl groups excluding tert-OH is 1. The smallest absolute Gasteiger partial charge is 0.270 e. The molecule has 6 heteroatoms. The van der Waals surface area contributed by atoms with E-state index in [9.17, 15) is 9.59 Å². The number of hydrogen-bond acceptors (Lipinski definition) is 4. The highest BCUT2D eigenvalue weighted by molar-refractivity contribution is 6.39. The van der Waals surface area contributed by atoms with E-state index in [1.807, 2.05) is 6.07 Å². The van der Waals surface area contributed by atoms with Gasteiger partial charge in [-0.2, -0.15) is 5.10 Å². The second-order valence-corrected chi connectivity index (χ2v) is 6.39. The number of carbonyl (C=O) groups excluding carboxylic acids is 2. The van der Waals surface area contributed by atoms with Crippen molar-refractivity contribution in [3.63, 3.8) is 0 Å². The summed E-state index contributed by atoms with van der Waals surface area (Å²) in [4.78, 5) is 26.2. The van der Waals surface area contributed by atoms with Crippen LogP contribution in [0.15, 0.2) is 35.4 Å². The third kappa shape index (κ3) is 3.96. The molecule has 3 rings (SSSR count). The monoisotopic (exact) mass is 341 g/mol. The second kappa shape index (κ2) is 7.61. The van der Waals surface area contributed by atoms with E-state index in [1.54, 1.807) is 4.90 Å². The molecule has 132 valence electrons. The molecular weight excluding hydrogens is 318 g/mol. The molecule has 0 bridgehead atoms. The van der Waals surface area contributed by atoms with E-state index in [2.05, 4.69) is 36.3 Å². The fraction of sp³-hybridized carbons (Fsp3) is 0.421. The molecule has 0 spiro atoms. The fourth-order valence-corrected chi connectivity index (χ4v) is 3.17. The molecule has 1 N–H and O–H groups in total. The van der Waals surface area contributed by atoms with Gasteiger partial charge in [0, 0.05) is 25.9 Å². The lowest BCUT2D eigenvalue weighted by atomic mass is 9.97. The number of aliphatic hydroxyl groups is 1. The first-order valence-corrected chi connectivity index (χ1v) is 8.62. The Labute approximate surface area is 147 Å². The summed E-state index contributed by atoms with van der Waals surface area (Å²) >= 11 is 0. The number of hydrazone groups is 1. The molecule has 25 heavy (non-hydrogen) atoms. The standard InChI is InChI=1S/C19H23N3O3/c1-14-3-2-4-16(13-14)15-7-9-21(10-8-15)19(25)17-5-6-18(24)22(20-17)11-12-23/h2-4,7,13,23H,5-6,8-12H2,1H3. The Kier molecular flexibility index (Phi) is 5.28. The van der Waals surface area contributed by atoms with Crippen LogP contribution >= 0.6 is 0 Å². The lowest BCUT2D eigenvalue weighted by Crippen LogP contribution is -2.43. The van der Waals surface area contributed by atoms with Crippen LogP contribution in [0.3, 0.4) is 0 Å². The Morgan fingerprint density at radius 2 is 2.12 bits per heavy atom. The van der Waals surface area contributed by atoms with Crippen LogP contribution in [-0.4, -0.2) is 58.8 Å². The molecule has 0 unspecified atom stereocenters. The first-order valence-electron chi connectivity index (χ1n) is 8.62. The zero-order valence-corrected chi connectivity index (χ0v) is 14.4. The number of nitrogens with zero attached hydrogens (tertiary/aromatic N) is 3. The number of amides is 2. The van der Waals surface area contributed by atoms with Crippen LogP contribution in [-0.2, 0) is 9.59 Å². The summed E-state index contributed by atoms with van der Waals surface area (Å²) in [6, 6.07) is 8.38. The Bertz CT molecular complexity index is 739. The summed E-state index contributed by atoms with van der Waals surface area (Å²) < 4.78 is 0. The van der Waals surface area contributed by atoms with Gasteiger partial charge in [0.2, 0.25) is 5.91 Å². The molecule has 2 heterocycles. The first kappa shape index (κ1) is 17.4. The van der Waals surface area contributed by atoms with Crippen molar-refractivity contribution in [2.75, 3.05) is 26.2 Å². The molecule has 1 aromatic rings. The molecule has 0 fully saturated rings. The molecule has 1 aromatic carbocycles. The minimum atomic E-state index is -0.164. The lowest BCUT2D eigenvalue weighted by molar-refractivity contribution is -0.132. The van der Waals surface area contributed by atoms with Gasteiger partial charge in [-0.1, -0.05) is 35.9 Å². The maximum atomic E-state index is 12.7. The molecule has 2 amide bonds. The van der Waals surface area contributed by atoms with Gasteiger partial charge in [-0.15, -0.1) is 0 Å². The Morgan fingerprint density at radius 3 is 2.80 bits per heavy atom. The fourth-order valence-electron chi connectivity index (χ4n) is 3.17. The van der Waals surface area contributed by atoms with Gasteiger partial charge >= 0.3 is 0 Å². The molecule has 0 radical (unpaired) electrons. The van der Waals surface area contributed by atoms with Crippen molar-refractivity contribution < 1.29 is 14.7 Å². The molecule has 0 saturated carbocycles. The van der Waals surface area contributed by atoms with Gasteiger partial charge in [0.15, 0.2) is 0 Å². The molecule has 6 nitrogen and oxygen atoms in total. The van der Waals surface area contributed by atoms with E-state index in [4.69, 9.17) is 5.11 Å². The average Bonchev–Trinajstić information content (AvgIpc) is 2.63. The van der Waals surface area contributed by atoms with Crippen LogP contribution < -0.4 is 0 Å². The van der Waals surface area contributed by atoms with Crippen molar-refractivity contribution in [2.24, 2.45) is 5.10 Å². The quantitative estimate of drug-likeness (QED) is 0.904. The number of β-amino-alcohol motifs (C(OH)–C–C–N with tert-alkyl or cyclic N) is 1. The lowest BCUT2D eigenvalue weighted by Gasteiger charge is -2.29. The van der Waals surface area contributed by atoms with Crippen molar-refractivity contribution in [3.8, 4) is 0 Å². The van der Waals surface area contributed by atoms with E-state index in [0.717, 1.165) is 6.42 Å². The predicted molar refractivity (Wildman–Crippen MR) is 95.8 cm³/mol. The van der Waals surface area contributed by atoms with Gasteiger partial charge in [-0.25, -0.2) is 5.01 Å². The van der Waals surface area contributed by atoms with Gasteiger partial charge in [-0.3, -0.25) is 9.59 Å². The minimum absolute atomic E-state index is 0.116. The Morgan fingerprint density at radius 1 is 1.28 bits per heavy atom. The Balaban J connectivity index is 1.69. The van der Waals surface area contributed by atoms with Crippen molar-refractivity contribution in [3.05, 3.63) is 41.5 Å². The number of benzene rings is 1. The maximum Gasteiger partial charge on any atom is 0.270 e. The van der Waals surface area contributed by atoms with E-state index in [1.165, 1.54) is 21.7 Å². The van der Waals surface area contributed by atoms with E-state index in [-0.39, 0.29) is 31.4 Å². The van der Waals surface area contributed by atoms with Crippen molar-refractivity contribution in [1.82, 2.24) is 9.91 Å². The van der Waals surface area contributed by atoms with Crippen molar-refractivity contribution in [1.29, 1.82) is 0 Å². The van der Waals surface area contributed by atoms with Crippen LogP contribution in [0.2, 0.25) is 0 Å². The molecule has 0 aromatic heterocycles. The summed E-state index contributed by atoms with van der Waals surface area (Å²) in [5.41, 5.74) is 4.10. The van der Waals surface area contributed by atoms with Crippen molar-refractivity contribution in [2.45, 2.75) is 26.2 Å². The SMILES string of the molecule is Cc1cccc(C2=CCN(C(=O)C3=NN(CCO)C(=O)CC3)CC2)c1. The van der Waals surface area contributed by atoms with Crippen LogP contribution in [0.5, 0.6) is 0 Å². The summed E-state index contributed by atoms with van der Waals surface area (Å²) in [5, 5.41) is 14.3. The topological polar surface area (TPSA) is 73.2 Å². The van der Waals surface area contributed by atoms with Gasteiger partial charge in [-0.05, 0) is 24.5 Å². The van der Waals surface area contributed by atoms with Gasteiger partial charge in [0.25, 0.3) is 5.91 Å². The van der Waals surface area contributed by atoms with E-state index in [0.29, 0.717) is 25.2 Å². The minimum Gasteiger partial charge on any atom is -0.394 e. The van der Waals surface area contributed by atoms with Crippen LogP contribution in [0, 0.1) is 6.92 Å². The highest BCUT2D eigenvalue weighted by Gasteiger charge is 2.28. The highest BCUT2D eigenvalue weighted by Crippen LogP contribution is 2.23. The predicted octanol–water partition coefficient (Wildman–Crippen LogP) is 1.58. The zero-order valence-electron chi connectivity index (χ0n) is 14.4. The van der Waals surface area contributed by atoms with Gasteiger partial charge in [0.05, 0.1) is 13.2 Å². The Hall–Kier alpha value is -2.47. The highest BCUT2D eigenvalue weighted by atomic mass is 16.3. The van der Waals surface area contributed by atoms with Crippen LogP contribution in [0.25, 0.3) is 5.57 Å². The van der Waals surface area contributed by atoms with Crippen LogP contribution in [0.1, 0.15) is 30.4 Å². The van der Waals surface area contributed by atoms with E-state index < -0.39 is 0 Å². The summed E-state index contributed by atoms with van der Waals surface area (Å²) in [6.45, 7) is 3.24. The maximum absolute atomic E-state index is 12.7. The number of rotatable bonds is 4. The molecule has 2 aliphatic heterocycles. The van der Waals surface area contributed by atoms with Crippen molar-refractivity contribution >= 4 is 23.1 Å². The average molecular weight is 341 g/mol. The molecule has 2 aliphatic rings. The molecular formula is C19H23N3O3. The molecule has 0 saturated heterocycles. The second-order valence-electron chi connectivity index (χ2n) is 6.39. The zero-order chi connectivity index (χ0) is 17.8. The molecule has 0 aliphatic carbocycles. The van der Waals surface area contributed by atoms with E-state index >= 15 is 0 Å². The van der Waals surface area contributed by atoms with Crippen LogP contribution in [0.4, 0.5) is 0 Å². The van der Waals surface area contributed by atoms with Gasteiger partial charge < -0.3 is 10.0 Å². The normalized spacial score (nSPS) is 18.1. The summed E-state index contributed by atoms with van der Waals surface area (Å²) in [6.07, 6.45) is 3.53. The number of aryl methyl sites for hydroxylation is 1. The molecule has 0 atom stereocenters. The largest absolute Gasteiger partial charge is 0.394 e. The third-order valence-electron chi connectivity index (χ3n) is 4.55. The van der Waals surface area contributed by atoms with Gasteiger partial charge in [0.1, 0.15) is 5.71 Å². The summed E-state index contributed by atoms with van der Waals surface area (Å²) in [5.74, 6) is -0.263. The number of carbonyl (C=O) groups is 2.